The number of hydrogen-bond acceptors (Lipinski definition) is 3. The SMILES string of the molecule is C[C@@H](NC(=O)COC(=O)/C=C/c1ccccc1)c1ccc(Cl)c(Cl)c1. The lowest BCUT2D eigenvalue weighted by atomic mass is 10.1. The molecule has 0 aromatic heterocycles. The third-order valence-electron chi connectivity index (χ3n) is 3.38. The highest BCUT2D eigenvalue weighted by Crippen LogP contribution is 2.25. The predicted octanol–water partition coefficient (Wildman–Crippen LogP) is 4.43. The molecule has 1 amide bonds. The van der Waals surface area contributed by atoms with Crippen molar-refractivity contribution in [2.75, 3.05) is 6.61 Å². The maximum Gasteiger partial charge on any atom is 0.331 e. The molecule has 25 heavy (non-hydrogen) atoms. The van der Waals surface area contributed by atoms with Crippen LogP contribution < -0.4 is 5.32 Å². The van der Waals surface area contributed by atoms with E-state index in [0.717, 1.165) is 11.1 Å². The number of hydrogen-bond donors (Lipinski definition) is 1. The number of carbonyl (C=O) groups excluding carboxylic acids is 2. The first kappa shape index (κ1) is 19.0. The van der Waals surface area contributed by atoms with Gasteiger partial charge in [-0.3, -0.25) is 4.79 Å². The molecular formula is C19H17Cl2NO3. The summed E-state index contributed by atoms with van der Waals surface area (Å²) in [5.74, 6) is -0.985. The van der Waals surface area contributed by atoms with E-state index in [0.29, 0.717) is 10.0 Å². The average Bonchev–Trinajstić information content (AvgIpc) is 2.61. The minimum Gasteiger partial charge on any atom is -0.452 e. The summed E-state index contributed by atoms with van der Waals surface area (Å²) < 4.78 is 4.92. The van der Waals surface area contributed by atoms with Gasteiger partial charge in [-0.05, 0) is 36.3 Å². The zero-order chi connectivity index (χ0) is 18.2. The van der Waals surface area contributed by atoms with Crippen molar-refractivity contribution in [1.82, 2.24) is 5.32 Å². The third-order valence-corrected chi connectivity index (χ3v) is 4.12. The van der Waals surface area contributed by atoms with Gasteiger partial charge in [-0.1, -0.05) is 59.6 Å². The lowest BCUT2D eigenvalue weighted by Crippen LogP contribution is -2.30. The number of benzene rings is 2. The molecule has 0 fully saturated rings. The summed E-state index contributed by atoms with van der Waals surface area (Å²) >= 11 is 11.8. The Bertz CT molecular complexity index is 775. The van der Waals surface area contributed by atoms with Gasteiger partial charge in [0.1, 0.15) is 0 Å². The fraction of sp³-hybridized carbons (Fsp3) is 0.158. The van der Waals surface area contributed by atoms with E-state index in [1.807, 2.05) is 30.3 Å². The maximum atomic E-state index is 11.9. The van der Waals surface area contributed by atoms with Crippen LogP contribution in [-0.4, -0.2) is 18.5 Å². The molecule has 4 nitrogen and oxygen atoms in total. The highest BCUT2D eigenvalue weighted by atomic mass is 35.5. The molecule has 0 saturated carbocycles. The summed E-state index contributed by atoms with van der Waals surface area (Å²) in [5, 5.41) is 3.59. The second-order valence-corrected chi connectivity index (χ2v) is 6.13. The van der Waals surface area contributed by atoms with Gasteiger partial charge in [0.05, 0.1) is 16.1 Å². The number of carbonyl (C=O) groups is 2. The predicted molar refractivity (Wildman–Crippen MR) is 99.5 cm³/mol. The Balaban J connectivity index is 1.80. The fourth-order valence-electron chi connectivity index (χ4n) is 2.06. The Morgan fingerprint density at radius 3 is 2.52 bits per heavy atom. The van der Waals surface area contributed by atoms with Crippen LogP contribution in [0.5, 0.6) is 0 Å². The first-order chi connectivity index (χ1) is 12.0. The van der Waals surface area contributed by atoms with Crippen LogP contribution in [0.3, 0.4) is 0 Å². The third kappa shape index (κ3) is 6.25. The topological polar surface area (TPSA) is 55.4 Å². The molecule has 0 radical (unpaired) electrons. The van der Waals surface area contributed by atoms with Gasteiger partial charge in [-0.2, -0.15) is 0 Å². The Hall–Kier alpha value is -2.30. The quantitative estimate of drug-likeness (QED) is 0.598. The van der Waals surface area contributed by atoms with Crippen LogP contribution in [0.1, 0.15) is 24.1 Å². The second kappa shape index (κ2) is 9.25. The van der Waals surface area contributed by atoms with Crippen LogP contribution in [0.25, 0.3) is 6.08 Å². The van der Waals surface area contributed by atoms with Crippen LogP contribution in [-0.2, 0) is 14.3 Å². The van der Waals surface area contributed by atoms with Crippen molar-refractivity contribution in [2.45, 2.75) is 13.0 Å². The van der Waals surface area contributed by atoms with Crippen molar-refractivity contribution >= 4 is 41.2 Å². The highest BCUT2D eigenvalue weighted by Gasteiger charge is 2.12. The van der Waals surface area contributed by atoms with Gasteiger partial charge in [0.15, 0.2) is 6.61 Å². The van der Waals surface area contributed by atoms with Crippen LogP contribution in [0.2, 0.25) is 10.0 Å². The zero-order valence-corrected chi connectivity index (χ0v) is 15.1. The fourth-order valence-corrected chi connectivity index (χ4v) is 2.37. The molecule has 1 N–H and O–H groups in total. The molecule has 2 aromatic rings. The van der Waals surface area contributed by atoms with E-state index in [4.69, 9.17) is 27.9 Å². The van der Waals surface area contributed by atoms with Crippen molar-refractivity contribution in [3.05, 3.63) is 75.8 Å². The van der Waals surface area contributed by atoms with E-state index in [-0.39, 0.29) is 12.6 Å². The Morgan fingerprint density at radius 1 is 1.12 bits per heavy atom. The number of nitrogens with one attached hydrogen (secondary N) is 1. The average molecular weight is 378 g/mol. The van der Waals surface area contributed by atoms with Crippen molar-refractivity contribution in [3.63, 3.8) is 0 Å². The van der Waals surface area contributed by atoms with E-state index >= 15 is 0 Å². The molecule has 0 saturated heterocycles. The van der Waals surface area contributed by atoms with Gasteiger partial charge in [-0.25, -0.2) is 4.79 Å². The summed E-state index contributed by atoms with van der Waals surface area (Å²) in [4.78, 5) is 23.5. The molecular weight excluding hydrogens is 361 g/mol. The normalized spacial score (nSPS) is 12.0. The van der Waals surface area contributed by atoms with Crippen LogP contribution in [0, 0.1) is 0 Å². The molecule has 0 spiro atoms. The lowest BCUT2D eigenvalue weighted by Gasteiger charge is -2.14. The number of esters is 1. The number of amides is 1. The van der Waals surface area contributed by atoms with Crippen molar-refractivity contribution < 1.29 is 14.3 Å². The molecule has 2 aromatic carbocycles. The summed E-state index contributed by atoms with van der Waals surface area (Å²) in [6.45, 7) is 1.44. The minimum atomic E-state index is -0.582. The number of rotatable bonds is 6. The Morgan fingerprint density at radius 2 is 1.84 bits per heavy atom. The van der Waals surface area contributed by atoms with Crippen LogP contribution in [0.4, 0.5) is 0 Å². The molecule has 0 unspecified atom stereocenters. The van der Waals surface area contributed by atoms with E-state index in [2.05, 4.69) is 5.32 Å². The van der Waals surface area contributed by atoms with Crippen LogP contribution >= 0.6 is 23.2 Å². The summed E-state index contributed by atoms with van der Waals surface area (Å²) in [7, 11) is 0. The van der Waals surface area contributed by atoms with E-state index in [1.165, 1.54) is 6.08 Å². The summed E-state index contributed by atoms with van der Waals surface area (Å²) in [5.41, 5.74) is 1.68. The van der Waals surface area contributed by atoms with Gasteiger partial charge < -0.3 is 10.1 Å². The standard InChI is InChI=1S/C19H17Cl2NO3/c1-13(15-8-9-16(20)17(21)11-15)22-18(23)12-25-19(24)10-7-14-5-3-2-4-6-14/h2-11,13H,12H2,1H3,(H,22,23)/b10-7+/t13-/m1/s1. The molecule has 2 rings (SSSR count). The van der Waals surface area contributed by atoms with Gasteiger partial charge >= 0.3 is 5.97 Å². The molecule has 1 atom stereocenters. The lowest BCUT2D eigenvalue weighted by molar-refractivity contribution is -0.144. The van der Waals surface area contributed by atoms with Gasteiger partial charge in [0.2, 0.25) is 0 Å². The minimum absolute atomic E-state index is 0.291. The van der Waals surface area contributed by atoms with Crippen molar-refractivity contribution in [3.8, 4) is 0 Å². The molecule has 0 aliphatic rings. The van der Waals surface area contributed by atoms with E-state index in [1.54, 1.807) is 31.2 Å². The number of ether oxygens (including phenoxy) is 1. The highest BCUT2D eigenvalue weighted by molar-refractivity contribution is 6.42. The van der Waals surface area contributed by atoms with Gasteiger partial charge in [0.25, 0.3) is 5.91 Å². The molecule has 130 valence electrons. The van der Waals surface area contributed by atoms with Gasteiger partial charge in [0, 0.05) is 6.08 Å². The zero-order valence-electron chi connectivity index (χ0n) is 13.5. The van der Waals surface area contributed by atoms with E-state index in [9.17, 15) is 9.59 Å². The summed E-state index contributed by atoms with van der Waals surface area (Å²) in [6, 6.07) is 14.2. The molecule has 6 heteroatoms. The largest absolute Gasteiger partial charge is 0.452 e. The van der Waals surface area contributed by atoms with Crippen LogP contribution in [0.15, 0.2) is 54.6 Å². The first-order valence-electron chi connectivity index (χ1n) is 7.60. The molecule has 0 aliphatic heterocycles. The maximum absolute atomic E-state index is 11.9. The smallest absolute Gasteiger partial charge is 0.331 e. The monoisotopic (exact) mass is 377 g/mol. The number of halogens is 2. The molecule has 0 bridgehead atoms. The summed E-state index contributed by atoms with van der Waals surface area (Å²) in [6.07, 6.45) is 2.91. The van der Waals surface area contributed by atoms with Crippen molar-refractivity contribution in [2.24, 2.45) is 0 Å². The van der Waals surface area contributed by atoms with Crippen molar-refractivity contribution in [1.29, 1.82) is 0 Å². The van der Waals surface area contributed by atoms with E-state index < -0.39 is 11.9 Å². The molecule has 0 heterocycles. The Kier molecular flexibility index (Phi) is 7.04. The first-order valence-corrected chi connectivity index (χ1v) is 8.35. The Labute approximate surface area is 156 Å². The second-order valence-electron chi connectivity index (χ2n) is 5.31. The molecule has 0 aliphatic carbocycles. The van der Waals surface area contributed by atoms with Gasteiger partial charge in [-0.15, -0.1) is 0 Å².